The molecule has 0 bridgehead atoms. The van der Waals surface area contributed by atoms with Crippen molar-refractivity contribution in [2.75, 3.05) is 0 Å². The van der Waals surface area contributed by atoms with Gasteiger partial charge < -0.3 is 0 Å². The minimum Gasteiger partial charge on any atom is -0.205 e. The molecule has 0 nitrogen and oxygen atoms in total. The van der Waals surface area contributed by atoms with Crippen molar-refractivity contribution >= 4 is 34.8 Å². The smallest absolute Gasteiger partial charge is 0.205 e. The van der Waals surface area contributed by atoms with Gasteiger partial charge in [0.25, 0.3) is 6.43 Å². The van der Waals surface area contributed by atoms with Gasteiger partial charge in [-0.2, -0.15) is 13.2 Å². The van der Waals surface area contributed by atoms with Gasteiger partial charge in [0.15, 0.2) is 0 Å². The average molecular weight is 376 g/mol. The SMILES string of the molecule is FC(F)c1ccc(C(F)(F)F)cc1-c1ccc(Cl)c(Cl)c1Cl. The fourth-order valence-corrected chi connectivity index (χ4v) is 2.53. The van der Waals surface area contributed by atoms with E-state index in [9.17, 15) is 22.0 Å². The Labute approximate surface area is 137 Å². The third kappa shape index (κ3) is 3.31. The van der Waals surface area contributed by atoms with Crippen LogP contribution in [0.25, 0.3) is 11.1 Å². The Hall–Kier alpha value is -1.04. The van der Waals surface area contributed by atoms with Crippen molar-refractivity contribution in [1.82, 2.24) is 0 Å². The lowest BCUT2D eigenvalue weighted by atomic mass is 9.97. The van der Waals surface area contributed by atoms with E-state index in [-0.39, 0.29) is 26.2 Å². The lowest BCUT2D eigenvalue weighted by Gasteiger charge is -2.15. The second-order valence-electron chi connectivity index (χ2n) is 4.32. The highest BCUT2D eigenvalue weighted by Crippen LogP contribution is 2.43. The van der Waals surface area contributed by atoms with Crippen molar-refractivity contribution in [1.29, 1.82) is 0 Å². The molecule has 0 saturated carbocycles. The topological polar surface area (TPSA) is 0 Å². The third-order valence-electron chi connectivity index (χ3n) is 2.94. The molecule has 0 aliphatic heterocycles. The van der Waals surface area contributed by atoms with Gasteiger partial charge >= 0.3 is 6.18 Å². The molecule has 0 spiro atoms. The largest absolute Gasteiger partial charge is 0.416 e. The lowest BCUT2D eigenvalue weighted by Crippen LogP contribution is -2.06. The van der Waals surface area contributed by atoms with Crippen LogP contribution < -0.4 is 0 Å². The summed E-state index contributed by atoms with van der Waals surface area (Å²) in [6, 6.07) is 4.46. The molecule has 0 amide bonds. The molecule has 0 heterocycles. The van der Waals surface area contributed by atoms with Crippen molar-refractivity contribution in [2.24, 2.45) is 0 Å². The van der Waals surface area contributed by atoms with E-state index in [1.54, 1.807) is 0 Å². The molecule has 0 unspecified atom stereocenters. The van der Waals surface area contributed by atoms with E-state index in [0.29, 0.717) is 12.1 Å². The molecule has 0 aliphatic carbocycles. The minimum atomic E-state index is -4.67. The van der Waals surface area contributed by atoms with E-state index in [2.05, 4.69) is 0 Å². The highest BCUT2D eigenvalue weighted by Gasteiger charge is 2.32. The van der Waals surface area contributed by atoms with Gasteiger partial charge in [0.1, 0.15) is 0 Å². The van der Waals surface area contributed by atoms with E-state index in [1.165, 1.54) is 12.1 Å². The van der Waals surface area contributed by atoms with Gasteiger partial charge in [-0.15, -0.1) is 0 Å². The van der Waals surface area contributed by atoms with Gasteiger partial charge in [0.2, 0.25) is 0 Å². The molecule has 118 valence electrons. The van der Waals surface area contributed by atoms with E-state index >= 15 is 0 Å². The first-order valence-corrected chi connectivity index (χ1v) is 6.89. The maximum Gasteiger partial charge on any atom is 0.416 e. The molecule has 8 heteroatoms. The van der Waals surface area contributed by atoms with Crippen LogP contribution in [0.5, 0.6) is 0 Å². The maximum absolute atomic E-state index is 13.1. The van der Waals surface area contributed by atoms with Gasteiger partial charge in [0.05, 0.1) is 20.6 Å². The van der Waals surface area contributed by atoms with Crippen LogP contribution in [0.4, 0.5) is 22.0 Å². The summed E-state index contributed by atoms with van der Waals surface area (Å²) in [4.78, 5) is 0. The van der Waals surface area contributed by atoms with Gasteiger partial charge in [-0.1, -0.05) is 46.9 Å². The first-order valence-electron chi connectivity index (χ1n) is 5.76. The molecule has 22 heavy (non-hydrogen) atoms. The predicted molar refractivity (Wildman–Crippen MR) is 76.9 cm³/mol. The number of rotatable bonds is 2. The van der Waals surface area contributed by atoms with Gasteiger partial charge in [-0.25, -0.2) is 8.78 Å². The molecular formula is C14H6Cl3F5. The Balaban J connectivity index is 2.75. The Morgan fingerprint density at radius 2 is 1.45 bits per heavy atom. The fraction of sp³-hybridized carbons (Fsp3) is 0.143. The summed E-state index contributed by atoms with van der Waals surface area (Å²) in [6.45, 7) is 0. The van der Waals surface area contributed by atoms with Crippen LogP contribution in [0.1, 0.15) is 17.6 Å². The summed E-state index contributed by atoms with van der Waals surface area (Å²) in [5, 5.41) is -0.227. The van der Waals surface area contributed by atoms with Crippen LogP contribution in [0, 0.1) is 0 Å². The molecule has 0 aromatic heterocycles. The standard InChI is InChI=1S/C14H6Cl3F5/c15-10-4-3-7(11(16)12(10)17)9-5-6(14(20,21)22)1-2-8(9)13(18)19/h1-5,13H. The summed E-state index contributed by atoms with van der Waals surface area (Å²) in [7, 11) is 0. The number of benzene rings is 2. The Kier molecular flexibility index (Phi) is 4.90. The quantitative estimate of drug-likeness (QED) is 0.382. The molecular weight excluding hydrogens is 370 g/mol. The summed E-state index contributed by atoms with van der Waals surface area (Å²) in [5.74, 6) is 0. The Morgan fingerprint density at radius 3 is 2.00 bits per heavy atom. The van der Waals surface area contributed by atoms with Gasteiger partial charge in [0, 0.05) is 11.1 Å². The Bertz CT molecular complexity index is 710. The molecule has 0 atom stereocenters. The highest BCUT2D eigenvalue weighted by molar-refractivity contribution is 6.49. The van der Waals surface area contributed by atoms with Crippen molar-refractivity contribution in [3.63, 3.8) is 0 Å². The first kappa shape index (κ1) is 17.3. The van der Waals surface area contributed by atoms with Crippen molar-refractivity contribution in [2.45, 2.75) is 12.6 Å². The average Bonchev–Trinajstić information content (AvgIpc) is 2.43. The van der Waals surface area contributed by atoms with Crippen molar-refractivity contribution < 1.29 is 22.0 Å². The number of hydrogen-bond donors (Lipinski definition) is 0. The fourth-order valence-electron chi connectivity index (χ4n) is 1.89. The molecule has 2 rings (SSSR count). The second kappa shape index (κ2) is 6.22. The number of halogens is 8. The number of alkyl halides is 5. The lowest BCUT2D eigenvalue weighted by molar-refractivity contribution is -0.137. The van der Waals surface area contributed by atoms with E-state index in [1.807, 2.05) is 0 Å². The van der Waals surface area contributed by atoms with Crippen LogP contribution in [-0.4, -0.2) is 0 Å². The van der Waals surface area contributed by atoms with Crippen LogP contribution in [0.3, 0.4) is 0 Å². The molecule has 2 aromatic rings. The summed E-state index contributed by atoms with van der Waals surface area (Å²) < 4.78 is 64.5. The molecule has 0 aliphatic rings. The van der Waals surface area contributed by atoms with Crippen LogP contribution in [-0.2, 0) is 6.18 Å². The summed E-state index contributed by atoms with van der Waals surface area (Å²) in [5.41, 5.74) is -2.02. The monoisotopic (exact) mass is 374 g/mol. The van der Waals surface area contributed by atoms with E-state index in [0.717, 1.165) is 6.07 Å². The van der Waals surface area contributed by atoms with Crippen LogP contribution >= 0.6 is 34.8 Å². The van der Waals surface area contributed by atoms with Crippen molar-refractivity contribution in [3.8, 4) is 11.1 Å². The van der Waals surface area contributed by atoms with Crippen LogP contribution in [0.15, 0.2) is 30.3 Å². The van der Waals surface area contributed by atoms with Gasteiger partial charge in [-0.3, -0.25) is 0 Å². The zero-order valence-corrected chi connectivity index (χ0v) is 12.8. The van der Waals surface area contributed by atoms with Crippen molar-refractivity contribution in [3.05, 3.63) is 56.5 Å². The van der Waals surface area contributed by atoms with Crippen LogP contribution in [0.2, 0.25) is 15.1 Å². The molecule has 0 N–H and O–H groups in total. The molecule has 0 fully saturated rings. The van der Waals surface area contributed by atoms with E-state index < -0.39 is 23.7 Å². The second-order valence-corrected chi connectivity index (χ2v) is 5.49. The predicted octanol–water partition coefficient (Wildman–Crippen LogP) is 7.27. The van der Waals surface area contributed by atoms with E-state index in [4.69, 9.17) is 34.8 Å². The summed E-state index contributed by atoms with van der Waals surface area (Å²) in [6.07, 6.45) is -7.64. The normalized spacial score (nSPS) is 12.0. The summed E-state index contributed by atoms with van der Waals surface area (Å²) >= 11 is 17.5. The minimum absolute atomic E-state index is 0.0440. The Morgan fingerprint density at radius 1 is 0.818 bits per heavy atom. The molecule has 0 saturated heterocycles. The van der Waals surface area contributed by atoms with Gasteiger partial charge in [-0.05, 0) is 23.8 Å². The maximum atomic E-state index is 13.1. The molecule has 2 aromatic carbocycles. The first-order chi connectivity index (χ1) is 10.1. The zero-order valence-electron chi connectivity index (χ0n) is 10.5. The third-order valence-corrected chi connectivity index (χ3v) is 4.23. The highest BCUT2D eigenvalue weighted by atomic mass is 35.5. The molecule has 0 radical (unpaired) electrons. The number of hydrogen-bond acceptors (Lipinski definition) is 0. The zero-order chi connectivity index (χ0) is 16.7.